The Morgan fingerprint density at radius 3 is 2.78 bits per heavy atom. The number of carbonyl (C=O) groups is 1. The van der Waals surface area contributed by atoms with Gasteiger partial charge in [-0.1, -0.05) is 29.3 Å². The summed E-state index contributed by atoms with van der Waals surface area (Å²) in [6.45, 7) is 3.02. The second-order valence-corrected chi connectivity index (χ2v) is 6.14. The van der Waals surface area contributed by atoms with Crippen LogP contribution in [0.4, 0.5) is 0 Å². The maximum atomic E-state index is 12.5. The highest BCUT2D eigenvalue weighted by atomic mass is 79.9. The van der Waals surface area contributed by atoms with Gasteiger partial charge in [-0.2, -0.15) is 0 Å². The van der Waals surface area contributed by atoms with E-state index in [1.807, 2.05) is 23.1 Å². The minimum Gasteiger partial charge on any atom is -0.336 e. The maximum absolute atomic E-state index is 12.5. The van der Waals surface area contributed by atoms with Gasteiger partial charge in [0.1, 0.15) is 0 Å². The highest BCUT2D eigenvalue weighted by molar-refractivity contribution is 9.10. The van der Waals surface area contributed by atoms with E-state index >= 15 is 0 Å². The molecule has 1 aliphatic carbocycles. The van der Waals surface area contributed by atoms with Crippen LogP contribution < -0.4 is 0 Å². The van der Waals surface area contributed by atoms with Crippen LogP contribution >= 0.6 is 28.6 Å². The fraction of sp³-hybridized carbons (Fsp3) is 0.500. The molecule has 2 rings (SSSR count). The molecule has 1 aliphatic rings. The Morgan fingerprint density at radius 1 is 1.50 bits per heavy atom. The molecule has 0 radical (unpaired) electrons. The normalized spacial score (nSPS) is 14.6. The van der Waals surface area contributed by atoms with Gasteiger partial charge in [0.15, 0.2) is 0 Å². The third-order valence-electron chi connectivity index (χ3n) is 3.19. The molecule has 0 saturated heterocycles. The van der Waals surface area contributed by atoms with E-state index in [4.69, 9.17) is 0 Å². The molecule has 0 aromatic heterocycles. The molecule has 0 bridgehead atoms. The third kappa shape index (κ3) is 3.29. The number of amides is 1. The Morgan fingerprint density at radius 2 is 2.22 bits per heavy atom. The second-order valence-electron chi connectivity index (χ2n) is 4.74. The zero-order valence-electron chi connectivity index (χ0n) is 10.5. The van der Waals surface area contributed by atoms with E-state index in [2.05, 4.69) is 35.5 Å². The first-order chi connectivity index (χ1) is 8.63. The molecular formula is C14H18BrNOS. The summed E-state index contributed by atoms with van der Waals surface area (Å²) in [5.41, 5.74) is 0.713. The Balaban J connectivity index is 2.16. The Labute approximate surface area is 122 Å². The topological polar surface area (TPSA) is 20.3 Å². The first-order valence-electron chi connectivity index (χ1n) is 6.43. The van der Waals surface area contributed by atoms with Crippen LogP contribution in [0.2, 0.25) is 0 Å². The average Bonchev–Trinajstić information content (AvgIpc) is 3.13. The molecule has 1 saturated carbocycles. The summed E-state index contributed by atoms with van der Waals surface area (Å²) in [6.07, 6.45) is 4.48. The lowest BCUT2D eigenvalue weighted by Crippen LogP contribution is -2.34. The van der Waals surface area contributed by atoms with E-state index in [9.17, 15) is 4.79 Å². The van der Waals surface area contributed by atoms with Crippen LogP contribution in [0.3, 0.4) is 0 Å². The smallest absolute Gasteiger partial charge is 0.255 e. The van der Waals surface area contributed by atoms with Crippen LogP contribution in [0.1, 0.15) is 43.0 Å². The van der Waals surface area contributed by atoms with Crippen LogP contribution in [-0.2, 0) is 0 Å². The molecular weight excluding hydrogens is 310 g/mol. The summed E-state index contributed by atoms with van der Waals surface area (Å²) in [5.74, 6) is 0.128. The van der Waals surface area contributed by atoms with Crippen LogP contribution in [0.15, 0.2) is 27.6 Å². The highest BCUT2D eigenvalue weighted by Crippen LogP contribution is 2.30. The first kappa shape index (κ1) is 13.9. The molecule has 0 atom stereocenters. The molecule has 1 amide bonds. The number of hydrogen-bond donors (Lipinski definition) is 1. The van der Waals surface area contributed by atoms with Gasteiger partial charge in [-0.05, 0) is 37.5 Å². The lowest BCUT2D eigenvalue weighted by Gasteiger charge is -2.23. The quantitative estimate of drug-likeness (QED) is 0.806. The van der Waals surface area contributed by atoms with E-state index in [-0.39, 0.29) is 5.91 Å². The van der Waals surface area contributed by atoms with Crippen molar-refractivity contribution in [1.29, 1.82) is 0 Å². The largest absolute Gasteiger partial charge is 0.336 e. The number of thiol groups is 1. The van der Waals surface area contributed by atoms with E-state index in [1.165, 1.54) is 0 Å². The summed E-state index contributed by atoms with van der Waals surface area (Å²) in [7, 11) is 0. The summed E-state index contributed by atoms with van der Waals surface area (Å²) in [5, 5.41) is 0. The van der Waals surface area contributed by atoms with E-state index in [0.717, 1.165) is 41.6 Å². The number of benzene rings is 1. The van der Waals surface area contributed by atoms with E-state index < -0.39 is 0 Å². The maximum Gasteiger partial charge on any atom is 0.255 e. The molecule has 2 nitrogen and oxygen atoms in total. The van der Waals surface area contributed by atoms with Gasteiger partial charge in [-0.15, -0.1) is 12.6 Å². The van der Waals surface area contributed by atoms with E-state index in [1.54, 1.807) is 0 Å². The van der Waals surface area contributed by atoms with E-state index in [0.29, 0.717) is 11.6 Å². The monoisotopic (exact) mass is 327 g/mol. The molecule has 0 N–H and O–H groups in total. The van der Waals surface area contributed by atoms with Gasteiger partial charge in [0.05, 0.1) is 5.56 Å². The summed E-state index contributed by atoms with van der Waals surface area (Å²) in [4.78, 5) is 15.3. The molecule has 4 heteroatoms. The Hall–Kier alpha value is -0.480. The molecule has 1 fully saturated rings. The van der Waals surface area contributed by atoms with Gasteiger partial charge in [0.25, 0.3) is 5.91 Å². The van der Waals surface area contributed by atoms with Crippen molar-refractivity contribution in [2.45, 2.75) is 43.5 Å². The molecule has 0 spiro atoms. The summed E-state index contributed by atoms with van der Waals surface area (Å²) in [6, 6.07) is 6.09. The Kier molecular flexibility index (Phi) is 4.73. The standard InChI is InChI=1S/C14H18BrNOS/c1-2-3-8-16(11-5-6-11)14(17)12-7-4-10(15)9-13(12)18/h4,7,9,11,18H,2-3,5-6,8H2,1H3. The van der Waals surface area contributed by atoms with Gasteiger partial charge < -0.3 is 4.90 Å². The highest BCUT2D eigenvalue weighted by Gasteiger charge is 2.33. The molecule has 1 aromatic carbocycles. The molecule has 0 aliphatic heterocycles. The van der Waals surface area contributed by atoms with Crippen molar-refractivity contribution in [2.75, 3.05) is 6.54 Å². The Bertz CT molecular complexity index is 445. The second kappa shape index (κ2) is 6.11. The van der Waals surface area contributed by atoms with Gasteiger partial charge in [0.2, 0.25) is 0 Å². The van der Waals surface area contributed by atoms with Crippen LogP contribution in [-0.4, -0.2) is 23.4 Å². The predicted octanol–water partition coefficient (Wildman–Crippen LogP) is 4.14. The number of unbranched alkanes of at least 4 members (excludes halogenated alkanes) is 1. The SMILES string of the molecule is CCCCN(C(=O)c1ccc(Br)cc1S)C1CC1. The summed E-state index contributed by atoms with van der Waals surface area (Å²) >= 11 is 7.80. The average molecular weight is 328 g/mol. The predicted molar refractivity (Wildman–Crippen MR) is 80.4 cm³/mol. The minimum atomic E-state index is 0.128. The fourth-order valence-electron chi connectivity index (χ4n) is 2.00. The number of carbonyl (C=O) groups excluding carboxylic acids is 1. The molecule has 18 heavy (non-hydrogen) atoms. The third-order valence-corrected chi connectivity index (χ3v) is 4.05. The van der Waals surface area contributed by atoms with Crippen molar-refractivity contribution in [3.05, 3.63) is 28.2 Å². The number of hydrogen-bond acceptors (Lipinski definition) is 2. The van der Waals surface area contributed by atoms with Crippen molar-refractivity contribution in [3.8, 4) is 0 Å². The minimum absolute atomic E-state index is 0.128. The molecule has 0 unspecified atom stereocenters. The fourth-order valence-corrected chi connectivity index (χ4v) is 2.85. The number of rotatable bonds is 5. The van der Waals surface area contributed by atoms with Crippen LogP contribution in [0.5, 0.6) is 0 Å². The van der Waals surface area contributed by atoms with Crippen molar-refractivity contribution >= 4 is 34.5 Å². The zero-order chi connectivity index (χ0) is 13.1. The van der Waals surface area contributed by atoms with Crippen molar-refractivity contribution in [3.63, 3.8) is 0 Å². The van der Waals surface area contributed by atoms with Gasteiger partial charge in [0, 0.05) is 22.0 Å². The summed E-state index contributed by atoms with van der Waals surface area (Å²) < 4.78 is 0.954. The lowest BCUT2D eigenvalue weighted by molar-refractivity contribution is 0.0737. The lowest BCUT2D eigenvalue weighted by atomic mass is 10.2. The molecule has 0 heterocycles. The number of halogens is 1. The van der Waals surface area contributed by atoms with Gasteiger partial charge >= 0.3 is 0 Å². The first-order valence-corrected chi connectivity index (χ1v) is 7.67. The van der Waals surface area contributed by atoms with Crippen molar-refractivity contribution < 1.29 is 4.79 Å². The van der Waals surface area contributed by atoms with Gasteiger partial charge in [-0.3, -0.25) is 4.79 Å². The van der Waals surface area contributed by atoms with Crippen molar-refractivity contribution in [1.82, 2.24) is 4.90 Å². The molecule has 1 aromatic rings. The molecule has 98 valence electrons. The van der Waals surface area contributed by atoms with Crippen LogP contribution in [0.25, 0.3) is 0 Å². The zero-order valence-corrected chi connectivity index (χ0v) is 13.0. The van der Waals surface area contributed by atoms with Gasteiger partial charge in [-0.25, -0.2) is 0 Å². The van der Waals surface area contributed by atoms with Crippen LogP contribution in [0, 0.1) is 0 Å². The van der Waals surface area contributed by atoms with Crippen molar-refractivity contribution in [2.24, 2.45) is 0 Å². The number of nitrogens with zero attached hydrogens (tertiary/aromatic N) is 1.